The lowest BCUT2D eigenvalue weighted by molar-refractivity contribution is -0.124. The molecule has 2 rings (SSSR count). The summed E-state index contributed by atoms with van der Waals surface area (Å²) in [6.07, 6.45) is 0. The van der Waals surface area contributed by atoms with Crippen LogP contribution in [0.15, 0.2) is 16.6 Å². The number of benzene rings is 1. The number of amides is 2. The molecule has 6 nitrogen and oxygen atoms in total. The number of ether oxygens (including phenoxy) is 1. The second-order valence-corrected chi connectivity index (χ2v) is 5.44. The highest BCUT2D eigenvalue weighted by atomic mass is 79.9. The van der Waals surface area contributed by atoms with Crippen molar-refractivity contribution in [1.29, 1.82) is 0 Å². The van der Waals surface area contributed by atoms with Crippen LogP contribution in [0.5, 0.6) is 5.75 Å². The van der Waals surface area contributed by atoms with Gasteiger partial charge in [0, 0.05) is 11.0 Å². The molecule has 108 valence electrons. The first-order valence-corrected chi connectivity index (χ1v) is 6.95. The fourth-order valence-electron chi connectivity index (χ4n) is 2.00. The molecular weight excluding hydrogens is 326 g/mol. The number of halogens is 1. The van der Waals surface area contributed by atoms with Gasteiger partial charge in [0.2, 0.25) is 11.8 Å². The van der Waals surface area contributed by atoms with Crippen LogP contribution in [-0.2, 0) is 9.59 Å². The average molecular weight is 342 g/mol. The van der Waals surface area contributed by atoms with Gasteiger partial charge < -0.3 is 15.4 Å². The molecule has 0 aromatic heterocycles. The number of anilines is 1. The Morgan fingerprint density at radius 2 is 2.25 bits per heavy atom. The molecule has 1 saturated heterocycles. The average Bonchev–Trinajstić information content (AvgIpc) is 2.42. The Kier molecular flexibility index (Phi) is 4.61. The Bertz CT molecular complexity index is 538. The van der Waals surface area contributed by atoms with E-state index in [1.165, 1.54) is 0 Å². The summed E-state index contributed by atoms with van der Waals surface area (Å²) >= 11 is 3.38. The van der Waals surface area contributed by atoms with E-state index in [0.717, 1.165) is 10.0 Å². The van der Waals surface area contributed by atoms with Crippen LogP contribution in [0.2, 0.25) is 0 Å². The van der Waals surface area contributed by atoms with Gasteiger partial charge in [-0.05, 0) is 24.6 Å². The maximum atomic E-state index is 12.2. The van der Waals surface area contributed by atoms with Gasteiger partial charge in [-0.15, -0.1) is 0 Å². The van der Waals surface area contributed by atoms with Crippen LogP contribution in [0.1, 0.15) is 5.56 Å². The molecule has 1 aliphatic rings. The van der Waals surface area contributed by atoms with Crippen molar-refractivity contribution >= 4 is 33.4 Å². The minimum absolute atomic E-state index is 0.105. The summed E-state index contributed by atoms with van der Waals surface area (Å²) in [5.74, 6) is 0.283. The zero-order valence-corrected chi connectivity index (χ0v) is 12.8. The highest BCUT2D eigenvalue weighted by Crippen LogP contribution is 2.32. The van der Waals surface area contributed by atoms with Crippen LogP contribution in [-0.4, -0.2) is 38.1 Å². The lowest BCUT2D eigenvalue weighted by Gasteiger charge is -2.24. The molecule has 1 fully saturated rings. The SMILES string of the molecule is COc1cc(Br)cc(C)c1NC(=O)C1CNC(=O)CN1. The molecule has 1 heterocycles. The summed E-state index contributed by atoms with van der Waals surface area (Å²) in [6, 6.07) is 3.24. The van der Waals surface area contributed by atoms with Gasteiger partial charge in [-0.3, -0.25) is 14.9 Å². The highest BCUT2D eigenvalue weighted by molar-refractivity contribution is 9.10. The number of hydrogen-bond donors (Lipinski definition) is 3. The van der Waals surface area contributed by atoms with Gasteiger partial charge in [-0.2, -0.15) is 0 Å². The van der Waals surface area contributed by atoms with Crippen molar-refractivity contribution in [3.63, 3.8) is 0 Å². The Morgan fingerprint density at radius 1 is 1.50 bits per heavy atom. The molecule has 1 unspecified atom stereocenters. The molecule has 1 aromatic carbocycles. The van der Waals surface area contributed by atoms with Crippen LogP contribution in [0.4, 0.5) is 5.69 Å². The van der Waals surface area contributed by atoms with Crippen LogP contribution in [0, 0.1) is 6.92 Å². The molecule has 0 aliphatic carbocycles. The van der Waals surface area contributed by atoms with Crippen LogP contribution in [0.3, 0.4) is 0 Å². The Labute approximate surface area is 125 Å². The quantitative estimate of drug-likeness (QED) is 0.759. The number of carbonyl (C=O) groups excluding carboxylic acids is 2. The first kappa shape index (κ1) is 14.8. The predicted octanol–water partition coefficient (Wildman–Crippen LogP) is 0.793. The van der Waals surface area contributed by atoms with Crippen LogP contribution in [0.25, 0.3) is 0 Å². The fourth-order valence-corrected chi connectivity index (χ4v) is 2.55. The maximum Gasteiger partial charge on any atom is 0.243 e. The molecule has 1 aromatic rings. The molecule has 0 radical (unpaired) electrons. The standard InChI is InChI=1S/C13H16BrN3O3/c1-7-3-8(14)4-10(20-2)12(7)17-13(19)9-5-16-11(18)6-15-9/h3-4,9,15H,5-6H2,1-2H3,(H,16,18)(H,17,19). The van der Waals surface area contributed by atoms with E-state index in [4.69, 9.17) is 4.74 Å². The van der Waals surface area contributed by atoms with E-state index in [2.05, 4.69) is 31.9 Å². The Morgan fingerprint density at radius 3 is 2.85 bits per heavy atom. The molecule has 1 atom stereocenters. The van der Waals surface area contributed by atoms with Gasteiger partial charge >= 0.3 is 0 Å². The summed E-state index contributed by atoms with van der Waals surface area (Å²) in [6.45, 7) is 2.32. The Balaban J connectivity index is 2.13. The topological polar surface area (TPSA) is 79.5 Å². The molecule has 20 heavy (non-hydrogen) atoms. The van der Waals surface area contributed by atoms with Crippen molar-refractivity contribution in [2.45, 2.75) is 13.0 Å². The van der Waals surface area contributed by atoms with Gasteiger partial charge in [-0.1, -0.05) is 15.9 Å². The lowest BCUT2D eigenvalue weighted by Crippen LogP contribution is -2.56. The number of nitrogens with one attached hydrogen (secondary N) is 3. The van der Waals surface area contributed by atoms with Crippen molar-refractivity contribution in [2.24, 2.45) is 0 Å². The molecule has 0 saturated carbocycles. The van der Waals surface area contributed by atoms with Crippen molar-refractivity contribution in [3.8, 4) is 5.75 Å². The van der Waals surface area contributed by atoms with E-state index in [9.17, 15) is 9.59 Å². The van der Waals surface area contributed by atoms with Gasteiger partial charge in [0.05, 0.1) is 19.3 Å². The molecule has 3 N–H and O–H groups in total. The van der Waals surface area contributed by atoms with Crippen LogP contribution >= 0.6 is 15.9 Å². The number of rotatable bonds is 3. The van der Waals surface area contributed by atoms with Gasteiger partial charge in [-0.25, -0.2) is 0 Å². The van der Waals surface area contributed by atoms with Gasteiger partial charge in [0.1, 0.15) is 11.8 Å². The third kappa shape index (κ3) is 3.29. The third-order valence-electron chi connectivity index (χ3n) is 3.06. The van der Waals surface area contributed by atoms with E-state index < -0.39 is 6.04 Å². The van der Waals surface area contributed by atoms with Crippen LogP contribution < -0.4 is 20.7 Å². The van der Waals surface area contributed by atoms with Gasteiger partial charge in [0.15, 0.2) is 0 Å². The molecule has 2 amide bonds. The number of carbonyl (C=O) groups is 2. The molecule has 0 spiro atoms. The summed E-state index contributed by atoms with van der Waals surface area (Å²) < 4.78 is 6.16. The van der Waals surface area contributed by atoms with E-state index in [0.29, 0.717) is 11.4 Å². The zero-order chi connectivity index (χ0) is 14.7. The van der Waals surface area contributed by atoms with E-state index in [1.807, 2.05) is 13.0 Å². The molecular formula is C13H16BrN3O3. The first-order valence-electron chi connectivity index (χ1n) is 6.16. The first-order chi connectivity index (χ1) is 9.51. The lowest BCUT2D eigenvalue weighted by atomic mass is 10.1. The molecule has 0 bridgehead atoms. The zero-order valence-electron chi connectivity index (χ0n) is 11.2. The Hall–Kier alpha value is -1.60. The maximum absolute atomic E-state index is 12.2. The monoisotopic (exact) mass is 341 g/mol. The van der Waals surface area contributed by atoms with E-state index in [1.54, 1.807) is 13.2 Å². The summed E-state index contributed by atoms with van der Waals surface area (Å²) in [5.41, 5.74) is 1.53. The fraction of sp³-hybridized carbons (Fsp3) is 0.385. The number of piperazine rings is 1. The minimum Gasteiger partial charge on any atom is -0.495 e. The van der Waals surface area contributed by atoms with E-state index >= 15 is 0 Å². The minimum atomic E-state index is -0.444. The normalized spacial score (nSPS) is 18.4. The largest absolute Gasteiger partial charge is 0.495 e. The summed E-state index contributed by atoms with van der Waals surface area (Å²) in [7, 11) is 1.55. The molecule has 7 heteroatoms. The smallest absolute Gasteiger partial charge is 0.243 e. The summed E-state index contributed by atoms with van der Waals surface area (Å²) in [4.78, 5) is 23.2. The molecule has 1 aliphatic heterocycles. The van der Waals surface area contributed by atoms with Crippen molar-refractivity contribution < 1.29 is 14.3 Å². The highest BCUT2D eigenvalue weighted by Gasteiger charge is 2.24. The summed E-state index contributed by atoms with van der Waals surface area (Å²) in [5, 5.41) is 8.38. The van der Waals surface area contributed by atoms with E-state index in [-0.39, 0.29) is 24.9 Å². The van der Waals surface area contributed by atoms with Crippen molar-refractivity contribution in [3.05, 3.63) is 22.2 Å². The van der Waals surface area contributed by atoms with Crippen molar-refractivity contribution in [2.75, 3.05) is 25.5 Å². The van der Waals surface area contributed by atoms with Crippen molar-refractivity contribution in [1.82, 2.24) is 10.6 Å². The second-order valence-electron chi connectivity index (χ2n) is 4.53. The second kappa shape index (κ2) is 6.23. The third-order valence-corrected chi connectivity index (χ3v) is 3.52. The predicted molar refractivity (Wildman–Crippen MR) is 78.9 cm³/mol. The number of methoxy groups -OCH3 is 1. The number of hydrogen-bond acceptors (Lipinski definition) is 4. The van der Waals surface area contributed by atoms with Gasteiger partial charge in [0.25, 0.3) is 0 Å². The number of aryl methyl sites for hydroxylation is 1.